The zero-order valence-corrected chi connectivity index (χ0v) is 16.5. The summed E-state index contributed by atoms with van der Waals surface area (Å²) in [5.41, 5.74) is 0.245. The molecule has 2 rings (SSSR count). The third-order valence-electron chi connectivity index (χ3n) is 4.97. The molecular formula is C19H27N3O5. The van der Waals surface area contributed by atoms with E-state index in [9.17, 15) is 19.7 Å². The van der Waals surface area contributed by atoms with Crippen LogP contribution in [0.15, 0.2) is 18.2 Å². The molecule has 1 fully saturated rings. The van der Waals surface area contributed by atoms with E-state index < -0.39 is 17.0 Å². The van der Waals surface area contributed by atoms with E-state index in [1.54, 1.807) is 23.9 Å². The number of hydrogen-bond acceptors (Lipinski definition) is 6. The molecule has 3 atom stereocenters. The molecule has 0 N–H and O–H groups in total. The summed E-state index contributed by atoms with van der Waals surface area (Å²) in [6.45, 7) is 5.52. The van der Waals surface area contributed by atoms with Crippen LogP contribution in [0.4, 0.5) is 11.4 Å². The van der Waals surface area contributed by atoms with Gasteiger partial charge in [-0.15, -0.1) is 0 Å². The number of nitrogens with zero attached hydrogens (tertiary/aromatic N) is 3. The quantitative estimate of drug-likeness (QED) is 0.445. The second-order valence-electron chi connectivity index (χ2n) is 7.28. The van der Waals surface area contributed by atoms with Crippen LogP contribution in [-0.2, 0) is 9.53 Å². The van der Waals surface area contributed by atoms with E-state index in [0.29, 0.717) is 5.69 Å². The minimum atomic E-state index is -0.951. The van der Waals surface area contributed by atoms with Gasteiger partial charge in [-0.3, -0.25) is 14.9 Å². The highest BCUT2D eigenvalue weighted by Crippen LogP contribution is 2.28. The fourth-order valence-electron chi connectivity index (χ4n) is 3.52. The normalized spacial score (nSPS) is 20.7. The lowest BCUT2D eigenvalue weighted by Crippen LogP contribution is -2.51. The standard InChI is InChI=1S/C19H27N3O5/c1-12-7-6-8-13(2)21(12)18(23)14(3)27-19(24)15-9-10-16(20(4)5)17(11-15)22(25)26/h9-14H,6-8H2,1-5H3/t12-,13-,14+/m0/s1. The molecule has 1 aromatic carbocycles. The summed E-state index contributed by atoms with van der Waals surface area (Å²) < 4.78 is 5.32. The number of benzene rings is 1. The third-order valence-corrected chi connectivity index (χ3v) is 4.97. The molecule has 0 bridgehead atoms. The van der Waals surface area contributed by atoms with Crippen molar-refractivity contribution in [1.82, 2.24) is 4.90 Å². The first kappa shape index (κ1) is 20.7. The Morgan fingerprint density at radius 1 is 1.26 bits per heavy atom. The Labute approximate surface area is 159 Å². The average Bonchev–Trinajstić information content (AvgIpc) is 2.60. The average molecular weight is 377 g/mol. The number of amides is 1. The van der Waals surface area contributed by atoms with Crippen molar-refractivity contribution in [3.05, 3.63) is 33.9 Å². The number of esters is 1. The summed E-state index contributed by atoms with van der Waals surface area (Å²) in [4.78, 5) is 39.3. The molecule has 0 unspecified atom stereocenters. The molecule has 0 spiro atoms. The number of nitro groups is 1. The lowest BCUT2D eigenvalue weighted by atomic mass is 9.97. The van der Waals surface area contributed by atoms with Crippen molar-refractivity contribution in [2.24, 2.45) is 0 Å². The number of anilines is 1. The topological polar surface area (TPSA) is 93.0 Å². The van der Waals surface area contributed by atoms with Gasteiger partial charge >= 0.3 is 5.97 Å². The van der Waals surface area contributed by atoms with Crippen LogP contribution in [-0.4, -0.2) is 54.0 Å². The predicted octanol–water partition coefficient (Wildman–Crippen LogP) is 3.00. The van der Waals surface area contributed by atoms with Crippen molar-refractivity contribution in [3.8, 4) is 0 Å². The molecule has 1 aromatic rings. The Balaban J connectivity index is 2.15. The summed E-state index contributed by atoms with van der Waals surface area (Å²) in [7, 11) is 3.37. The fraction of sp³-hybridized carbons (Fsp3) is 0.579. The van der Waals surface area contributed by atoms with Gasteiger partial charge in [0.2, 0.25) is 0 Å². The Morgan fingerprint density at radius 2 is 1.85 bits per heavy atom. The predicted molar refractivity (Wildman–Crippen MR) is 102 cm³/mol. The van der Waals surface area contributed by atoms with Gasteiger partial charge in [0.15, 0.2) is 6.10 Å². The molecule has 0 saturated carbocycles. The zero-order valence-electron chi connectivity index (χ0n) is 16.5. The van der Waals surface area contributed by atoms with Crippen molar-refractivity contribution in [1.29, 1.82) is 0 Å². The third kappa shape index (κ3) is 4.56. The van der Waals surface area contributed by atoms with Gasteiger partial charge in [-0.05, 0) is 52.2 Å². The van der Waals surface area contributed by atoms with Crippen LogP contribution >= 0.6 is 0 Å². The van der Waals surface area contributed by atoms with E-state index in [-0.39, 0.29) is 29.2 Å². The van der Waals surface area contributed by atoms with Crippen molar-refractivity contribution in [3.63, 3.8) is 0 Å². The number of carbonyl (C=O) groups excluding carboxylic acids is 2. The number of nitro benzene ring substituents is 1. The highest BCUT2D eigenvalue weighted by molar-refractivity contribution is 5.93. The second-order valence-corrected chi connectivity index (χ2v) is 7.28. The second kappa shape index (κ2) is 8.37. The molecule has 0 aromatic heterocycles. The number of carbonyl (C=O) groups is 2. The Kier molecular flexibility index (Phi) is 6.41. The molecule has 1 amide bonds. The summed E-state index contributed by atoms with van der Waals surface area (Å²) in [5, 5.41) is 11.3. The minimum absolute atomic E-state index is 0.0479. The maximum atomic E-state index is 12.7. The van der Waals surface area contributed by atoms with Gasteiger partial charge in [0.25, 0.3) is 11.6 Å². The molecule has 1 aliphatic heterocycles. The molecule has 1 aliphatic rings. The first-order chi connectivity index (χ1) is 12.6. The highest BCUT2D eigenvalue weighted by Gasteiger charge is 2.33. The molecule has 0 aliphatic carbocycles. The van der Waals surface area contributed by atoms with Crippen LogP contribution in [0, 0.1) is 10.1 Å². The number of rotatable bonds is 5. The van der Waals surface area contributed by atoms with Gasteiger partial charge in [0.1, 0.15) is 5.69 Å². The SMILES string of the molecule is C[C@@H](OC(=O)c1ccc(N(C)C)c([N+](=O)[O-])c1)C(=O)N1[C@@H](C)CCC[C@@H]1C. The first-order valence-electron chi connectivity index (χ1n) is 9.12. The van der Waals surface area contributed by atoms with Crippen molar-refractivity contribution in [2.45, 2.75) is 58.2 Å². The van der Waals surface area contributed by atoms with E-state index in [1.807, 2.05) is 13.8 Å². The number of ether oxygens (including phenoxy) is 1. The Hall–Kier alpha value is -2.64. The lowest BCUT2D eigenvalue weighted by molar-refractivity contribution is -0.384. The van der Waals surface area contributed by atoms with Crippen molar-refractivity contribution < 1.29 is 19.2 Å². The molecular weight excluding hydrogens is 350 g/mol. The van der Waals surface area contributed by atoms with E-state index >= 15 is 0 Å². The van der Waals surface area contributed by atoms with E-state index in [4.69, 9.17) is 4.74 Å². The highest BCUT2D eigenvalue weighted by atomic mass is 16.6. The van der Waals surface area contributed by atoms with Crippen LogP contribution in [0.2, 0.25) is 0 Å². The smallest absolute Gasteiger partial charge is 0.339 e. The Morgan fingerprint density at radius 3 is 2.37 bits per heavy atom. The Bertz CT molecular complexity index is 724. The monoisotopic (exact) mass is 377 g/mol. The molecule has 148 valence electrons. The zero-order chi connectivity index (χ0) is 20.3. The van der Waals surface area contributed by atoms with E-state index in [1.165, 1.54) is 25.1 Å². The summed E-state index contributed by atoms with van der Waals surface area (Å²) in [6.07, 6.45) is 1.97. The largest absolute Gasteiger partial charge is 0.449 e. The van der Waals surface area contributed by atoms with Crippen molar-refractivity contribution in [2.75, 3.05) is 19.0 Å². The van der Waals surface area contributed by atoms with Gasteiger partial charge < -0.3 is 14.5 Å². The maximum absolute atomic E-state index is 12.7. The summed E-state index contributed by atoms with van der Waals surface area (Å²) in [5.74, 6) is -0.982. The number of hydrogen-bond donors (Lipinski definition) is 0. The molecule has 27 heavy (non-hydrogen) atoms. The number of piperidine rings is 1. The minimum Gasteiger partial charge on any atom is -0.449 e. The van der Waals surface area contributed by atoms with E-state index in [2.05, 4.69) is 0 Å². The summed E-state index contributed by atoms with van der Waals surface area (Å²) in [6, 6.07) is 4.34. The van der Waals surface area contributed by atoms with Gasteiger partial charge in [-0.2, -0.15) is 0 Å². The lowest BCUT2D eigenvalue weighted by Gasteiger charge is -2.40. The van der Waals surface area contributed by atoms with Crippen LogP contribution in [0.5, 0.6) is 0 Å². The van der Waals surface area contributed by atoms with Crippen molar-refractivity contribution >= 4 is 23.3 Å². The van der Waals surface area contributed by atoms with Gasteiger partial charge in [-0.1, -0.05) is 0 Å². The van der Waals surface area contributed by atoms with Gasteiger partial charge in [-0.25, -0.2) is 4.79 Å². The van der Waals surface area contributed by atoms with Crippen LogP contribution in [0.1, 0.15) is 50.4 Å². The molecule has 1 saturated heterocycles. The van der Waals surface area contributed by atoms with Gasteiger partial charge in [0, 0.05) is 32.2 Å². The fourth-order valence-corrected chi connectivity index (χ4v) is 3.52. The van der Waals surface area contributed by atoms with Crippen LogP contribution in [0.3, 0.4) is 0 Å². The van der Waals surface area contributed by atoms with Crippen LogP contribution in [0.25, 0.3) is 0 Å². The molecule has 8 nitrogen and oxygen atoms in total. The molecule has 8 heteroatoms. The van der Waals surface area contributed by atoms with E-state index in [0.717, 1.165) is 19.3 Å². The number of likely N-dealkylation sites (tertiary alicyclic amines) is 1. The van der Waals surface area contributed by atoms with Gasteiger partial charge in [0.05, 0.1) is 10.5 Å². The molecule has 0 radical (unpaired) electrons. The maximum Gasteiger partial charge on any atom is 0.339 e. The van der Waals surface area contributed by atoms with Crippen LogP contribution < -0.4 is 4.90 Å². The first-order valence-corrected chi connectivity index (χ1v) is 9.12. The molecule has 1 heterocycles. The summed E-state index contributed by atoms with van der Waals surface area (Å²) >= 11 is 0.